The van der Waals surface area contributed by atoms with Crippen LogP contribution in [0.2, 0.25) is 0 Å². The van der Waals surface area contributed by atoms with E-state index in [-0.39, 0.29) is 31.1 Å². The van der Waals surface area contributed by atoms with Gasteiger partial charge in [0.2, 0.25) is 0 Å². The van der Waals surface area contributed by atoms with Crippen molar-refractivity contribution in [2.75, 3.05) is 13.2 Å². The van der Waals surface area contributed by atoms with E-state index in [0.717, 1.165) is 135 Å². The second kappa shape index (κ2) is 67.3. The van der Waals surface area contributed by atoms with E-state index in [0.29, 0.717) is 19.3 Å². The Morgan fingerprint density at radius 2 is 0.500 bits per heavy atom. The van der Waals surface area contributed by atoms with Crippen LogP contribution in [0, 0.1) is 0 Å². The molecule has 0 spiro atoms. The van der Waals surface area contributed by atoms with E-state index < -0.39 is 6.10 Å². The molecule has 0 bridgehead atoms. The molecule has 456 valence electrons. The molecule has 0 aliphatic carbocycles. The van der Waals surface area contributed by atoms with Crippen molar-refractivity contribution in [2.24, 2.45) is 0 Å². The van der Waals surface area contributed by atoms with E-state index in [2.05, 4.69) is 142 Å². The van der Waals surface area contributed by atoms with Crippen molar-refractivity contribution in [1.29, 1.82) is 0 Å². The van der Waals surface area contributed by atoms with Gasteiger partial charge in [0.1, 0.15) is 13.2 Å². The van der Waals surface area contributed by atoms with E-state index in [9.17, 15) is 14.4 Å². The quantitative estimate of drug-likeness (QED) is 0.0261. The number of rotatable bonds is 60. The van der Waals surface area contributed by atoms with Crippen molar-refractivity contribution < 1.29 is 28.6 Å². The molecular formula is C74H124O6. The molecule has 1 unspecified atom stereocenters. The Labute approximate surface area is 494 Å². The van der Waals surface area contributed by atoms with E-state index in [1.165, 1.54) is 135 Å². The SMILES string of the molecule is CC/C=C\C/C=C\C/C=C\C/C=C\C/C=C\C/C=C\CCCCCCCCCCCCCCC(=O)OCC(COC(=O)CCCCCCC/C=C\C/C=C\CCCC)OC(=O)CCCCCCCCC/C=C\C/C=C\CCCCC. The molecule has 0 amide bonds. The number of hydrogen-bond acceptors (Lipinski definition) is 6. The lowest BCUT2D eigenvalue weighted by Gasteiger charge is -2.18. The van der Waals surface area contributed by atoms with E-state index in [1.54, 1.807) is 0 Å². The van der Waals surface area contributed by atoms with Crippen LogP contribution >= 0.6 is 0 Å². The van der Waals surface area contributed by atoms with Gasteiger partial charge in [-0.2, -0.15) is 0 Å². The smallest absolute Gasteiger partial charge is 0.306 e. The fourth-order valence-corrected chi connectivity index (χ4v) is 9.14. The van der Waals surface area contributed by atoms with Crippen LogP contribution in [0.25, 0.3) is 0 Å². The normalized spacial score (nSPS) is 12.9. The Kier molecular flexibility index (Phi) is 63.8. The molecule has 0 rings (SSSR count). The minimum atomic E-state index is -0.792. The fraction of sp³-hybridized carbons (Fsp3) is 0.689. The average Bonchev–Trinajstić information content (AvgIpc) is 3.46. The zero-order valence-electron chi connectivity index (χ0n) is 52.3. The van der Waals surface area contributed by atoms with Gasteiger partial charge in [-0.05, 0) is 128 Å². The summed E-state index contributed by atoms with van der Waals surface area (Å²) < 4.78 is 16.9. The van der Waals surface area contributed by atoms with Crippen LogP contribution in [-0.2, 0) is 28.6 Å². The largest absolute Gasteiger partial charge is 0.462 e. The summed E-state index contributed by atoms with van der Waals surface area (Å²) in [5.41, 5.74) is 0. The van der Waals surface area contributed by atoms with Crippen LogP contribution in [-0.4, -0.2) is 37.2 Å². The molecule has 0 aliphatic rings. The van der Waals surface area contributed by atoms with Gasteiger partial charge in [0.25, 0.3) is 0 Å². The molecule has 80 heavy (non-hydrogen) atoms. The highest BCUT2D eigenvalue weighted by molar-refractivity contribution is 5.71. The summed E-state index contributed by atoms with van der Waals surface area (Å²) in [7, 11) is 0. The van der Waals surface area contributed by atoms with Gasteiger partial charge in [0.05, 0.1) is 0 Å². The molecule has 6 nitrogen and oxygen atoms in total. The van der Waals surface area contributed by atoms with Crippen LogP contribution in [0.5, 0.6) is 0 Å². The monoisotopic (exact) mass is 1110 g/mol. The van der Waals surface area contributed by atoms with E-state index in [1.807, 2.05) is 0 Å². The minimum absolute atomic E-state index is 0.0874. The van der Waals surface area contributed by atoms with Gasteiger partial charge in [-0.15, -0.1) is 0 Å². The maximum absolute atomic E-state index is 12.9. The summed E-state index contributed by atoms with van der Waals surface area (Å²) in [6, 6.07) is 0. The van der Waals surface area contributed by atoms with Gasteiger partial charge in [-0.25, -0.2) is 0 Å². The Balaban J connectivity index is 4.28. The molecule has 0 heterocycles. The highest BCUT2D eigenvalue weighted by Crippen LogP contribution is 2.16. The number of unbranched alkanes of at least 4 members (excludes halogenated alkanes) is 29. The van der Waals surface area contributed by atoms with Crippen molar-refractivity contribution in [3.8, 4) is 0 Å². The number of ether oxygens (including phenoxy) is 3. The second-order valence-corrected chi connectivity index (χ2v) is 22.0. The number of hydrogen-bond donors (Lipinski definition) is 0. The van der Waals surface area contributed by atoms with Gasteiger partial charge in [-0.3, -0.25) is 14.4 Å². The molecule has 0 radical (unpaired) electrons. The molecule has 0 aromatic carbocycles. The molecule has 0 saturated heterocycles. The average molecular weight is 1110 g/mol. The molecule has 0 fully saturated rings. The highest BCUT2D eigenvalue weighted by Gasteiger charge is 2.19. The first-order chi connectivity index (χ1) is 39.5. The molecular weight excluding hydrogens is 985 g/mol. The van der Waals surface area contributed by atoms with Crippen molar-refractivity contribution >= 4 is 17.9 Å². The van der Waals surface area contributed by atoms with Crippen molar-refractivity contribution in [3.05, 3.63) is 122 Å². The summed E-state index contributed by atoms with van der Waals surface area (Å²) in [6.45, 7) is 6.46. The number of allylic oxidation sites excluding steroid dienone is 20. The molecule has 0 N–H and O–H groups in total. The summed E-state index contributed by atoms with van der Waals surface area (Å²) in [5.74, 6) is -0.904. The molecule has 6 heteroatoms. The third kappa shape index (κ3) is 64.6. The Bertz CT molecular complexity index is 1650. The fourth-order valence-electron chi connectivity index (χ4n) is 9.14. The van der Waals surface area contributed by atoms with Crippen LogP contribution in [0.15, 0.2) is 122 Å². The first-order valence-corrected chi connectivity index (χ1v) is 33.5. The maximum Gasteiger partial charge on any atom is 0.306 e. The standard InChI is InChI=1S/C74H124O6/c1-4-7-10-13-16-19-22-25-28-30-31-32-33-34-35-36-37-38-39-40-41-42-43-45-46-49-52-55-58-61-64-67-73(76)79-70-71(69-78-72(75)66-63-60-57-54-51-48-27-24-21-18-15-12-9-6-3)80-74(77)68-65-62-59-56-53-50-47-44-29-26-23-20-17-14-11-8-5-2/h7,10,15-20,24-29,31-32,34-35,37-38,71H,4-6,8-9,11-14,21-23,30,33,36,39-70H2,1-3H3/b10-7-,18-15-,19-16-,20-17-,27-24-,28-25-,29-26-,32-31-,35-34-,38-37-. The van der Waals surface area contributed by atoms with Crippen LogP contribution in [0.4, 0.5) is 0 Å². The third-order valence-corrected chi connectivity index (χ3v) is 14.2. The second-order valence-electron chi connectivity index (χ2n) is 22.0. The number of carbonyl (C=O) groups excluding carboxylic acids is 3. The highest BCUT2D eigenvalue weighted by atomic mass is 16.6. The maximum atomic E-state index is 12.9. The molecule has 0 saturated carbocycles. The first kappa shape index (κ1) is 75.8. The van der Waals surface area contributed by atoms with Gasteiger partial charge >= 0.3 is 17.9 Å². The minimum Gasteiger partial charge on any atom is -0.462 e. The first-order valence-electron chi connectivity index (χ1n) is 33.5. The molecule has 0 aliphatic heterocycles. The lowest BCUT2D eigenvalue weighted by Crippen LogP contribution is -2.30. The van der Waals surface area contributed by atoms with Crippen molar-refractivity contribution in [2.45, 2.75) is 316 Å². The molecule has 1 atom stereocenters. The van der Waals surface area contributed by atoms with Crippen molar-refractivity contribution in [3.63, 3.8) is 0 Å². The van der Waals surface area contributed by atoms with E-state index in [4.69, 9.17) is 14.2 Å². The zero-order chi connectivity index (χ0) is 57.8. The topological polar surface area (TPSA) is 78.9 Å². The Morgan fingerprint density at radius 3 is 0.800 bits per heavy atom. The Hall–Kier alpha value is -4.19. The van der Waals surface area contributed by atoms with Gasteiger partial charge in [0.15, 0.2) is 6.10 Å². The summed E-state index contributed by atoms with van der Waals surface area (Å²) >= 11 is 0. The number of esters is 3. The lowest BCUT2D eigenvalue weighted by atomic mass is 10.0. The van der Waals surface area contributed by atoms with Gasteiger partial charge < -0.3 is 14.2 Å². The summed E-state index contributed by atoms with van der Waals surface area (Å²) in [6.07, 6.45) is 93.5. The van der Waals surface area contributed by atoms with Crippen LogP contribution in [0.1, 0.15) is 310 Å². The molecule has 0 aromatic heterocycles. The third-order valence-electron chi connectivity index (χ3n) is 14.2. The van der Waals surface area contributed by atoms with Crippen LogP contribution < -0.4 is 0 Å². The molecule has 0 aromatic rings. The lowest BCUT2D eigenvalue weighted by molar-refractivity contribution is -0.167. The van der Waals surface area contributed by atoms with Gasteiger partial charge in [0, 0.05) is 19.3 Å². The zero-order valence-corrected chi connectivity index (χ0v) is 52.3. The summed E-state index contributed by atoms with van der Waals surface area (Å²) in [4.78, 5) is 38.3. The summed E-state index contributed by atoms with van der Waals surface area (Å²) in [5, 5.41) is 0. The van der Waals surface area contributed by atoms with Crippen molar-refractivity contribution in [1.82, 2.24) is 0 Å². The van der Waals surface area contributed by atoms with E-state index >= 15 is 0 Å². The predicted molar refractivity (Wildman–Crippen MR) is 348 cm³/mol. The predicted octanol–water partition coefficient (Wildman–Crippen LogP) is 23.2. The number of carbonyl (C=O) groups is 3. The van der Waals surface area contributed by atoms with Gasteiger partial charge in [-0.1, -0.05) is 284 Å². The Morgan fingerprint density at radius 1 is 0.263 bits per heavy atom. The van der Waals surface area contributed by atoms with Crippen LogP contribution in [0.3, 0.4) is 0 Å².